The van der Waals surface area contributed by atoms with Gasteiger partial charge in [-0.2, -0.15) is 0 Å². The number of aryl methyl sites for hydroxylation is 4. The summed E-state index contributed by atoms with van der Waals surface area (Å²) in [5, 5.41) is 6.70. The van der Waals surface area contributed by atoms with Crippen LogP contribution in [-0.4, -0.2) is 58.5 Å². The third-order valence-electron chi connectivity index (χ3n) is 8.63. The molecule has 2 amide bonds. The lowest BCUT2D eigenvalue weighted by Gasteiger charge is -2.37. The molecular formula is C34H38N6O4S. The van der Waals surface area contributed by atoms with Gasteiger partial charge in [0.25, 0.3) is 5.56 Å². The first kappa shape index (κ1) is 30.5. The van der Waals surface area contributed by atoms with Crippen molar-refractivity contribution < 1.29 is 14.3 Å². The average Bonchev–Trinajstić information content (AvgIpc) is 3.42. The van der Waals surface area contributed by atoms with Crippen molar-refractivity contribution in [3.8, 4) is 16.3 Å². The Labute approximate surface area is 266 Å². The molecule has 2 aliphatic rings. The van der Waals surface area contributed by atoms with Gasteiger partial charge in [-0.15, -0.1) is 11.3 Å². The van der Waals surface area contributed by atoms with E-state index in [0.717, 1.165) is 41.6 Å². The number of aromatic nitrogens is 2. The number of amides is 2. The predicted molar refractivity (Wildman–Crippen MR) is 178 cm³/mol. The molecule has 11 heteroatoms. The van der Waals surface area contributed by atoms with Crippen molar-refractivity contribution in [1.29, 1.82) is 0 Å². The fraction of sp³-hybridized carbons (Fsp3) is 0.353. The van der Waals surface area contributed by atoms with Crippen LogP contribution >= 0.6 is 11.3 Å². The van der Waals surface area contributed by atoms with E-state index in [1.165, 1.54) is 27.8 Å². The Kier molecular flexibility index (Phi) is 8.48. The molecular weight excluding hydrogens is 588 g/mol. The van der Waals surface area contributed by atoms with Gasteiger partial charge in [-0.1, -0.05) is 12.1 Å². The van der Waals surface area contributed by atoms with Crippen LogP contribution in [0.2, 0.25) is 0 Å². The minimum atomic E-state index is -0.541. The summed E-state index contributed by atoms with van der Waals surface area (Å²) < 4.78 is 7.16. The summed E-state index contributed by atoms with van der Waals surface area (Å²) in [5.74, 6) is 0.235. The summed E-state index contributed by atoms with van der Waals surface area (Å²) in [4.78, 5) is 48.7. The number of likely N-dealkylation sites (N-methyl/N-ethyl adjacent to an activating group) is 2. The minimum absolute atomic E-state index is 0.0635. The van der Waals surface area contributed by atoms with Gasteiger partial charge in [0.1, 0.15) is 6.04 Å². The molecule has 2 aromatic heterocycles. The van der Waals surface area contributed by atoms with E-state index in [0.29, 0.717) is 28.7 Å². The van der Waals surface area contributed by atoms with Gasteiger partial charge >= 0.3 is 6.09 Å². The maximum atomic E-state index is 13.1. The topological polar surface area (TPSA) is 109 Å². The molecule has 1 aliphatic carbocycles. The Morgan fingerprint density at radius 3 is 2.51 bits per heavy atom. The zero-order chi connectivity index (χ0) is 31.8. The summed E-state index contributed by atoms with van der Waals surface area (Å²) in [6.07, 6.45) is 5.56. The Balaban J connectivity index is 1.23. The van der Waals surface area contributed by atoms with Gasteiger partial charge in [0.15, 0.2) is 10.9 Å². The summed E-state index contributed by atoms with van der Waals surface area (Å²) in [6.45, 7) is 5.36. The number of piperazine rings is 1. The van der Waals surface area contributed by atoms with Crippen LogP contribution < -0.4 is 20.9 Å². The molecule has 6 rings (SSSR count). The first-order chi connectivity index (χ1) is 21.6. The lowest BCUT2D eigenvalue weighted by Crippen LogP contribution is -2.48. The van der Waals surface area contributed by atoms with Crippen molar-refractivity contribution >= 4 is 40.5 Å². The minimum Gasteiger partial charge on any atom is -0.399 e. The van der Waals surface area contributed by atoms with Crippen molar-refractivity contribution in [2.45, 2.75) is 45.6 Å². The number of hydrogen-bond acceptors (Lipinski definition) is 8. The summed E-state index contributed by atoms with van der Waals surface area (Å²) in [6, 6.07) is 13.0. The van der Waals surface area contributed by atoms with Gasteiger partial charge in [-0.05, 0) is 99.2 Å². The number of nitrogens with one attached hydrogen (secondary N) is 2. The quantitative estimate of drug-likeness (QED) is 0.278. The van der Waals surface area contributed by atoms with E-state index in [-0.39, 0.29) is 23.3 Å². The predicted octanol–water partition coefficient (Wildman–Crippen LogP) is 5.80. The van der Waals surface area contributed by atoms with Crippen LogP contribution in [0.15, 0.2) is 53.5 Å². The van der Waals surface area contributed by atoms with E-state index in [1.54, 1.807) is 29.5 Å². The highest BCUT2D eigenvalue weighted by molar-refractivity contribution is 7.14. The number of rotatable bonds is 6. The van der Waals surface area contributed by atoms with Gasteiger partial charge in [0.05, 0.1) is 5.69 Å². The number of ether oxygens (including phenoxy) is 1. The van der Waals surface area contributed by atoms with E-state index in [2.05, 4.69) is 10.6 Å². The van der Waals surface area contributed by atoms with Gasteiger partial charge in [-0.3, -0.25) is 19.8 Å². The number of hydrogen-bond donors (Lipinski definition) is 2. The molecule has 1 unspecified atom stereocenters. The molecule has 3 heterocycles. The Morgan fingerprint density at radius 1 is 1.00 bits per heavy atom. The number of thiophene rings is 1. The number of carbonyl (C=O) groups is 2. The second kappa shape index (κ2) is 12.5. The molecule has 0 spiro atoms. The Morgan fingerprint density at radius 2 is 1.76 bits per heavy atom. The summed E-state index contributed by atoms with van der Waals surface area (Å²) in [7, 11) is 5.46. The highest BCUT2D eigenvalue weighted by Gasteiger charge is 2.32. The highest BCUT2D eigenvalue weighted by Crippen LogP contribution is 2.35. The molecule has 4 aromatic rings. The number of anilines is 3. The first-order valence-corrected chi connectivity index (χ1v) is 16.0. The maximum absolute atomic E-state index is 13.1. The smallest absolute Gasteiger partial charge is 0.399 e. The molecule has 1 fully saturated rings. The molecule has 0 radical (unpaired) electrons. The number of nitrogens with zero attached hydrogens (tertiary/aromatic N) is 4. The van der Waals surface area contributed by atoms with Crippen molar-refractivity contribution in [2.75, 3.05) is 37.8 Å². The Hall–Kier alpha value is -4.48. The third-order valence-corrected chi connectivity index (χ3v) is 9.75. The lowest BCUT2D eigenvalue weighted by molar-refractivity contribution is -0.139. The second-order valence-electron chi connectivity index (χ2n) is 12.0. The molecule has 1 aliphatic heterocycles. The van der Waals surface area contributed by atoms with E-state index >= 15 is 0 Å². The summed E-state index contributed by atoms with van der Waals surface area (Å²) in [5.41, 5.74) is 6.28. The molecule has 1 atom stereocenters. The van der Waals surface area contributed by atoms with Gasteiger partial charge in [0.2, 0.25) is 5.91 Å². The molecule has 2 aromatic carbocycles. The van der Waals surface area contributed by atoms with Crippen LogP contribution in [0.25, 0.3) is 11.3 Å². The number of carbonyl (C=O) groups excluding carboxylic acids is 2. The van der Waals surface area contributed by atoms with Crippen molar-refractivity contribution in [3.63, 3.8) is 0 Å². The van der Waals surface area contributed by atoms with Gasteiger partial charge < -0.3 is 19.5 Å². The molecule has 1 saturated heterocycles. The first-order valence-electron chi connectivity index (χ1n) is 15.2. The fourth-order valence-corrected chi connectivity index (χ4v) is 7.14. The van der Waals surface area contributed by atoms with E-state index < -0.39 is 6.09 Å². The van der Waals surface area contributed by atoms with Gasteiger partial charge in [-0.25, -0.2) is 9.78 Å². The van der Waals surface area contributed by atoms with Gasteiger partial charge in [0, 0.05) is 55.2 Å². The zero-order valence-corrected chi connectivity index (χ0v) is 27.1. The van der Waals surface area contributed by atoms with Crippen molar-refractivity contribution in [2.24, 2.45) is 7.05 Å². The van der Waals surface area contributed by atoms with Crippen LogP contribution in [0.4, 0.5) is 22.0 Å². The van der Waals surface area contributed by atoms with E-state index in [9.17, 15) is 14.4 Å². The van der Waals surface area contributed by atoms with Crippen LogP contribution in [0.1, 0.15) is 46.0 Å². The van der Waals surface area contributed by atoms with Crippen LogP contribution in [0.5, 0.6) is 5.06 Å². The van der Waals surface area contributed by atoms with E-state index in [1.807, 2.05) is 75.3 Å². The normalized spacial score (nSPS) is 16.8. The molecule has 0 bridgehead atoms. The van der Waals surface area contributed by atoms with Crippen molar-refractivity contribution in [3.05, 3.63) is 86.1 Å². The molecule has 0 saturated carbocycles. The molecule has 45 heavy (non-hydrogen) atoms. The standard InChI is InChI=1S/C34H38N6O4S/c1-20-16-25(21(2)26(17-20)37-34(43)44-29-18-23-8-6-7-9-28(23)45-29)27-19-40(5)33(42)31(36-27)35-24-12-10-22(11-13-24)30-32(41)39(4)15-14-38(30)3/h10-13,16-19,30H,6-9,14-15H2,1-5H3,(H,35,36)(H,37,43). The van der Waals surface area contributed by atoms with E-state index in [4.69, 9.17) is 9.72 Å². The van der Waals surface area contributed by atoms with Crippen LogP contribution in [0, 0.1) is 13.8 Å². The maximum Gasteiger partial charge on any atom is 0.417 e. The van der Waals surface area contributed by atoms with Crippen LogP contribution in [-0.2, 0) is 24.7 Å². The largest absolute Gasteiger partial charge is 0.417 e. The monoisotopic (exact) mass is 626 g/mol. The van der Waals surface area contributed by atoms with Crippen molar-refractivity contribution in [1.82, 2.24) is 19.4 Å². The zero-order valence-electron chi connectivity index (χ0n) is 26.3. The number of benzene rings is 2. The molecule has 2 N–H and O–H groups in total. The summed E-state index contributed by atoms with van der Waals surface area (Å²) >= 11 is 1.54. The van der Waals surface area contributed by atoms with Crippen LogP contribution in [0.3, 0.4) is 0 Å². The lowest BCUT2D eigenvalue weighted by atomic mass is 10.00. The fourth-order valence-electron chi connectivity index (χ4n) is 6.04. The molecule has 10 nitrogen and oxygen atoms in total. The SMILES string of the molecule is Cc1cc(NC(=O)Oc2cc3c(s2)CCCC3)c(C)c(-c2cn(C)c(=O)c(Nc3ccc(C4C(=O)N(C)CCN4C)cc3)n2)c1. The third kappa shape index (κ3) is 6.36. The highest BCUT2D eigenvalue weighted by atomic mass is 32.1. The Bertz CT molecular complexity index is 1810. The number of fused-ring (bicyclic) bond motifs is 1. The average molecular weight is 627 g/mol. The molecule has 234 valence electrons. The second-order valence-corrected chi connectivity index (χ2v) is 13.1.